The fraction of sp³-hybridized carbons (Fsp3) is 0.417. The molecule has 30 heavy (non-hydrogen) atoms. The number of aryl methyl sites for hydroxylation is 1. The van der Waals surface area contributed by atoms with E-state index in [9.17, 15) is 4.79 Å². The Hall–Kier alpha value is -2.70. The Bertz CT molecular complexity index is 964. The third kappa shape index (κ3) is 4.89. The second-order valence-electron chi connectivity index (χ2n) is 7.89. The van der Waals surface area contributed by atoms with E-state index in [1.807, 2.05) is 36.7 Å². The first-order chi connectivity index (χ1) is 14.7. The average molecular weight is 407 g/mol. The van der Waals surface area contributed by atoms with Gasteiger partial charge in [-0.25, -0.2) is 4.98 Å². The molecule has 1 amide bonds. The van der Waals surface area contributed by atoms with E-state index < -0.39 is 0 Å². The molecule has 1 aliphatic heterocycles. The number of nitrogens with zero attached hydrogens (tertiary/aromatic N) is 3. The molecule has 1 aliphatic rings. The van der Waals surface area contributed by atoms with Crippen LogP contribution in [0.5, 0.6) is 0 Å². The number of hydrogen-bond donors (Lipinski definition) is 1. The molecule has 158 valence electrons. The number of hydrogen-bond acceptors (Lipinski definition) is 4. The Kier molecular flexibility index (Phi) is 6.77. The molecule has 6 heteroatoms. The fourth-order valence-corrected chi connectivity index (χ4v) is 4.12. The molecule has 0 bridgehead atoms. The molecule has 0 aliphatic carbocycles. The maximum atomic E-state index is 12.8. The van der Waals surface area contributed by atoms with Crippen LogP contribution in [0.15, 0.2) is 54.9 Å². The molecule has 3 heterocycles. The van der Waals surface area contributed by atoms with E-state index in [-0.39, 0.29) is 11.8 Å². The third-order valence-electron chi connectivity index (χ3n) is 5.79. The number of fused-ring (bicyclic) bond motifs is 1. The van der Waals surface area contributed by atoms with Crippen molar-refractivity contribution in [2.75, 3.05) is 39.4 Å². The molecule has 0 saturated carbocycles. The first kappa shape index (κ1) is 20.6. The second kappa shape index (κ2) is 9.87. The van der Waals surface area contributed by atoms with Crippen LogP contribution in [0.3, 0.4) is 0 Å². The number of imidazole rings is 1. The molecule has 0 spiro atoms. The summed E-state index contributed by atoms with van der Waals surface area (Å²) in [6, 6.07) is 14.3. The van der Waals surface area contributed by atoms with Crippen LogP contribution >= 0.6 is 0 Å². The molecule has 1 N–H and O–H groups in total. The van der Waals surface area contributed by atoms with Crippen molar-refractivity contribution in [3.63, 3.8) is 0 Å². The lowest BCUT2D eigenvalue weighted by molar-refractivity contribution is -0.121. The first-order valence-corrected chi connectivity index (χ1v) is 10.8. The van der Waals surface area contributed by atoms with Crippen molar-refractivity contribution in [2.24, 2.45) is 0 Å². The van der Waals surface area contributed by atoms with Crippen LogP contribution in [-0.4, -0.2) is 59.6 Å². The summed E-state index contributed by atoms with van der Waals surface area (Å²) < 4.78 is 7.49. The maximum Gasteiger partial charge on any atom is 0.221 e. The van der Waals surface area contributed by atoms with Crippen LogP contribution in [0.1, 0.15) is 35.6 Å². The van der Waals surface area contributed by atoms with Crippen molar-refractivity contribution >= 4 is 11.6 Å². The van der Waals surface area contributed by atoms with Gasteiger partial charge in [-0.1, -0.05) is 36.4 Å². The van der Waals surface area contributed by atoms with Gasteiger partial charge >= 0.3 is 0 Å². The summed E-state index contributed by atoms with van der Waals surface area (Å²) >= 11 is 0. The van der Waals surface area contributed by atoms with Gasteiger partial charge in [-0.15, -0.1) is 0 Å². The molecule has 1 fully saturated rings. The van der Waals surface area contributed by atoms with Gasteiger partial charge in [0.1, 0.15) is 5.65 Å². The van der Waals surface area contributed by atoms with Gasteiger partial charge in [0.05, 0.1) is 18.9 Å². The minimum absolute atomic E-state index is 0.0396. The number of benzene rings is 1. The smallest absolute Gasteiger partial charge is 0.221 e. The maximum absolute atomic E-state index is 12.8. The number of aromatic nitrogens is 2. The zero-order chi connectivity index (χ0) is 20.8. The summed E-state index contributed by atoms with van der Waals surface area (Å²) in [5.41, 5.74) is 4.25. The van der Waals surface area contributed by atoms with Crippen LogP contribution in [0.2, 0.25) is 0 Å². The summed E-state index contributed by atoms with van der Waals surface area (Å²) in [5.74, 6) is 0.0377. The molecular formula is C24H30N4O2. The monoisotopic (exact) mass is 406 g/mol. The first-order valence-electron chi connectivity index (χ1n) is 10.8. The molecule has 2 aromatic heterocycles. The summed E-state index contributed by atoms with van der Waals surface area (Å²) in [6.45, 7) is 7.34. The normalized spacial score (nSPS) is 15.9. The van der Waals surface area contributed by atoms with Gasteiger partial charge in [-0.2, -0.15) is 0 Å². The van der Waals surface area contributed by atoms with Crippen LogP contribution < -0.4 is 5.32 Å². The van der Waals surface area contributed by atoms with E-state index in [0.29, 0.717) is 13.0 Å². The Labute approximate surface area is 177 Å². The number of amides is 1. The number of nitrogens with one attached hydrogen (secondary N) is 1. The van der Waals surface area contributed by atoms with Gasteiger partial charge in [0.2, 0.25) is 5.91 Å². The van der Waals surface area contributed by atoms with Crippen molar-refractivity contribution in [3.05, 3.63) is 71.7 Å². The van der Waals surface area contributed by atoms with Crippen molar-refractivity contribution in [2.45, 2.75) is 25.7 Å². The lowest BCUT2D eigenvalue weighted by Crippen LogP contribution is -2.38. The Balaban J connectivity index is 1.43. The van der Waals surface area contributed by atoms with E-state index in [1.54, 1.807) is 0 Å². The van der Waals surface area contributed by atoms with E-state index in [4.69, 9.17) is 4.74 Å². The minimum Gasteiger partial charge on any atom is -0.379 e. The van der Waals surface area contributed by atoms with Crippen LogP contribution in [0, 0.1) is 6.92 Å². The lowest BCUT2D eigenvalue weighted by atomic mass is 9.92. The summed E-state index contributed by atoms with van der Waals surface area (Å²) in [5, 5.41) is 3.12. The zero-order valence-corrected chi connectivity index (χ0v) is 17.6. The highest BCUT2D eigenvalue weighted by Gasteiger charge is 2.22. The van der Waals surface area contributed by atoms with Crippen molar-refractivity contribution < 1.29 is 9.53 Å². The zero-order valence-electron chi connectivity index (χ0n) is 17.6. The van der Waals surface area contributed by atoms with E-state index >= 15 is 0 Å². The SMILES string of the molecule is Cc1cccn2c(C(CC(=O)NCCCN3CCOCC3)c3ccccc3)cnc12. The molecule has 0 radical (unpaired) electrons. The van der Waals surface area contributed by atoms with Gasteiger partial charge in [-0.05, 0) is 37.1 Å². The number of rotatable bonds is 8. The average Bonchev–Trinajstić information content (AvgIpc) is 3.22. The third-order valence-corrected chi connectivity index (χ3v) is 5.79. The van der Waals surface area contributed by atoms with Gasteiger partial charge in [0.25, 0.3) is 0 Å². The second-order valence-corrected chi connectivity index (χ2v) is 7.89. The number of ether oxygens (including phenoxy) is 1. The Morgan fingerprint density at radius 3 is 2.77 bits per heavy atom. The topological polar surface area (TPSA) is 58.9 Å². The van der Waals surface area contributed by atoms with Crippen LogP contribution in [0.4, 0.5) is 0 Å². The van der Waals surface area contributed by atoms with Gasteiger partial charge in [0.15, 0.2) is 0 Å². The summed E-state index contributed by atoms with van der Waals surface area (Å²) in [4.78, 5) is 19.8. The van der Waals surface area contributed by atoms with Gasteiger partial charge < -0.3 is 14.5 Å². The number of morpholine rings is 1. The molecule has 6 nitrogen and oxygen atoms in total. The highest BCUT2D eigenvalue weighted by molar-refractivity contribution is 5.77. The predicted octanol–water partition coefficient (Wildman–Crippen LogP) is 3.00. The standard InChI is InChI=1S/C24H30N4O2/c1-19-7-5-12-28-22(18-26-24(19)28)21(20-8-3-2-4-9-20)17-23(29)25-10-6-11-27-13-15-30-16-14-27/h2-5,7-9,12,18,21H,6,10-11,13-17H2,1H3,(H,25,29). The summed E-state index contributed by atoms with van der Waals surface area (Å²) in [7, 11) is 0. The largest absolute Gasteiger partial charge is 0.379 e. The van der Waals surface area contributed by atoms with Crippen LogP contribution in [-0.2, 0) is 9.53 Å². The quantitative estimate of drug-likeness (QED) is 0.584. The van der Waals surface area contributed by atoms with Crippen molar-refractivity contribution in [1.82, 2.24) is 19.6 Å². The van der Waals surface area contributed by atoms with Gasteiger partial charge in [-0.3, -0.25) is 9.69 Å². The Morgan fingerprint density at radius 1 is 1.17 bits per heavy atom. The molecule has 4 rings (SSSR count). The van der Waals surface area contributed by atoms with E-state index in [2.05, 4.69) is 44.7 Å². The van der Waals surface area contributed by atoms with E-state index in [0.717, 1.165) is 61.7 Å². The predicted molar refractivity (Wildman–Crippen MR) is 118 cm³/mol. The molecule has 1 atom stereocenters. The highest BCUT2D eigenvalue weighted by Crippen LogP contribution is 2.29. The van der Waals surface area contributed by atoms with Gasteiger partial charge in [0, 0.05) is 44.4 Å². The molecule has 1 unspecified atom stereocenters. The number of pyridine rings is 1. The highest BCUT2D eigenvalue weighted by atomic mass is 16.5. The molecule has 1 saturated heterocycles. The molecule has 3 aromatic rings. The molecular weight excluding hydrogens is 376 g/mol. The van der Waals surface area contributed by atoms with Crippen molar-refractivity contribution in [1.29, 1.82) is 0 Å². The fourth-order valence-electron chi connectivity index (χ4n) is 4.12. The lowest BCUT2D eigenvalue weighted by Gasteiger charge is -2.26. The van der Waals surface area contributed by atoms with Crippen LogP contribution in [0.25, 0.3) is 5.65 Å². The molecule has 1 aromatic carbocycles. The van der Waals surface area contributed by atoms with E-state index in [1.165, 1.54) is 0 Å². The van der Waals surface area contributed by atoms with Crippen molar-refractivity contribution in [3.8, 4) is 0 Å². The number of carbonyl (C=O) groups is 1. The number of carbonyl (C=O) groups excluding carboxylic acids is 1. The minimum atomic E-state index is -0.0396. The Morgan fingerprint density at radius 2 is 1.97 bits per heavy atom. The summed E-state index contributed by atoms with van der Waals surface area (Å²) in [6.07, 6.45) is 5.30.